The lowest BCUT2D eigenvalue weighted by Crippen LogP contribution is -2.43. The number of anilines is 1. The van der Waals surface area contributed by atoms with Gasteiger partial charge in [0, 0.05) is 51.9 Å². The van der Waals surface area contributed by atoms with Gasteiger partial charge in [0.2, 0.25) is 5.91 Å². The van der Waals surface area contributed by atoms with Gasteiger partial charge in [0.1, 0.15) is 18.4 Å². The Balaban J connectivity index is 1.42. The lowest BCUT2D eigenvalue weighted by molar-refractivity contribution is -0.119. The Kier molecular flexibility index (Phi) is 6.93. The average molecular weight is 470 g/mol. The normalized spacial score (nSPS) is 15.4. The Labute approximate surface area is 196 Å². The molecule has 3 aromatic rings. The topological polar surface area (TPSA) is 71.5 Å². The molecule has 1 aliphatic rings. The Hall–Kier alpha value is -3.09. The van der Waals surface area contributed by atoms with Crippen molar-refractivity contribution < 1.29 is 14.3 Å². The van der Waals surface area contributed by atoms with E-state index in [2.05, 4.69) is 10.3 Å². The highest BCUT2D eigenvalue weighted by Crippen LogP contribution is 2.26. The first-order chi connectivity index (χ1) is 15.5. The van der Waals surface area contributed by atoms with Crippen LogP contribution in [0.3, 0.4) is 0 Å². The molecule has 1 atom stereocenters. The molecule has 2 amide bonds. The highest BCUT2D eigenvalue weighted by molar-refractivity contribution is 6.35. The molecule has 1 saturated heterocycles. The third-order valence-electron chi connectivity index (χ3n) is 5.16. The fraction of sp³-hybridized carbons (Fsp3) is 0.208. The maximum atomic E-state index is 13.0. The fourth-order valence-corrected chi connectivity index (χ4v) is 4.19. The van der Waals surface area contributed by atoms with Crippen molar-refractivity contribution in [2.45, 2.75) is 25.5 Å². The largest absolute Gasteiger partial charge is 0.489 e. The molecule has 8 heteroatoms. The maximum Gasteiger partial charge on any atom is 0.254 e. The molecular weight excluding hydrogens is 449 g/mol. The van der Waals surface area contributed by atoms with Crippen LogP contribution in [0.5, 0.6) is 5.75 Å². The summed E-state index contributed by atoms with van der Waals surface area (Å²) >= 11 is 12.1. The summed E-state index contributed by atoms with van der Waals surface area (Å²) in [5, 5.41) is 3.66. The number of amides is 2. The van der Waals surface area contributed by atoms with Gasteiger partial charge in [0.05, 0.1) is 0 Å². The molecule has 1 aromatic heterocycles. The van der Waals surface area contributed by atoms with E-state index in [9.17, 15) is 9.59 Å². The van der Waals surface area contributed by atoms with E-state index in [1.54, 1.807) is 53.7 Å². The number of hydrogen-bond donors (Lipinski definition) is 1. The molecule has 2 heterocycles. The van der Waals surface area contributed by atoms with Gasteiger partial charge in [0.25, 0.3) is 5.91 Å². The lowest BCUT2D eigenvalue weighted by Gasteiger charge is -2.24. The van der Waals surface area contributed by atoms with E-state index in [1.165, 1.54) is 0 Å². The van der Waals surface area contributed by atoms with E-state index >= 15 is 0 Å². The molecule has 1 unspecified atom stereocenters. The number of carbonyl (C=O) groups is 2. The first-order valence-electron chi connectivity index (χ1n) is 10.2. The van der Waals surface area contributed by atoms with Gasteiger partial charge in [0.15, 0.2) is 0 Å². The zero-order valence-electron chi connectivity index (χ0n) is 17.1. The number of hydrogen-bond acceptors (Lipinski definition) is 4. The fourth-order valence-electron chi connectivity index (χ4n) is 3.66. The predicted molar refractivity (Wildman–Crippen MR) is 124 cm³/mol. The van der Waals surface area contributed by atoms with Crippen molar-refractivity contribution in [1.82, 2.24) is 9.88 Å². The van der Waals surface area contributed by atoms with Gasteiger partial charge in [-0.2, -0.15) is 0 Å². The minimum absolute atomic E-state index is 0.242. The summed E-state index contributed by atoms with van der Waals surface area (Å²) in [5.74, 6) is 0.119. The second-order valence-electron chi connectivity index (χ2n) is 7.48. The van der Waals surface area contributed by atoms with Crippen molar-refractivity contribution in [1.29, 1.82) is 0 Å². The second kappa shape index (κ2) is 10.0. The van der Waals surface area contributed by atoms with Gasteiger partial charge >= 0.3 is 0 Å². The van der Waals surface area contributed by atoms with E-state index in [0.717, 1.165) is 12.0 Å². The SMILES string of the molecule is O=C(Nc1cccc(OCc2cccnc2)c1)C1CCCN1C(=O)c1cc(Cl)cc(Cl)c1. The zero-order chi connectivity index (χ0) is 22.5. The van der Waals surface area contributed by atoms with Crippen molar-refractivity contribution in [2.75, 3.05) is 11.9 Å². The maximum absolute atomic E-state index is 13.0. The van der Waals surface area contributed by atoms with Crippen molar-refractivity contribution in [2.24, 2.45) is 0 Å². The summed E-state index contributed by atoms with van der Waals surface area (Å²) in [6.07, 6.45) is 4.78. The molecule has 1 fully saturated rings. The van der Waals surface area contributed by atoms with Crippen LogP contribution < -0.4 is 10.1 Å². The van der Waals surface area contributed by atoms with E-state index in [-0.39, 0.29) is 11.8 Å². The van der Waals surface area contributed by atoms with E-state index in [4.69, 9.17) is 27.9 Å². The third kappa shape index (κ3) is 5.39. The molecule has 0 spiro atoms. The number of aromatic nitrogens is 1. The van der Waals surface area contributed by atoms with E-state index < -0.39 is 6.04 Å². The number of nitrogens with one attached hydrogen (secondary N) is 1. The number of likely N-dealkylation sites (tertiary alicyclic amines) is 1. The van der Waals surface area contributed by atoms with E-state index in [0.29, 0.717) is 46.6 Å². The second-order valence-corrected chi connectivity index (χ2v) is 8.35. The van der Waals surface area contributed by atoms with Gasteiger partial charge < -0.3 is 15.0 Å². The molecule has 1 aliphatic heterocycles. The first-order valence-corrected chi connectivity index (χ1v) is 10.9. The molecule has 4 rings (SSSR count). The molecule has 1 N–H and O–H groups in total. The van der Waals surface area contributed by atoms with Crippen LogP contribution in [0.25, 0.3) is 0 Å². The Morgan fingerprint density at radius 2 is 1.91 bits per heavy atom. The summed E-state index contributed by atoms with van der Waals surface area (Å²) in [4.78, 5) is 31.6. The zero-order valence-corrected chi connectivity index (χ0v) is 18.6. The summed E-state index contributed by atoms with van der Waals surface area (Å²) in [6.45, 7) is 0.869. The van der Waals surface area contributed by atoms with Crippen molar-refractivity contribution in [3.8, 4) is 5.75 Å². The number of ether oxygens (including phenoxy) is 1. The highest BCUT2D eigenvalue weighted by Gasteiger charge is 2.34. The van der Waals surface area contributed by atoms with Crippen LogP contribution in [0.2, 0.25) is 10.0 Å². The molecule has 0 bridgehead atoms. The minimum atomic E-state index is -0.569. The lowest BCUT2D eigenvalue weighted by atomic mass is 10.1. The van der Waals surface area contributed by atoms with E-state index in [1.807, 2.05) is 18.2 Å². The van der Waals surface area contributed by atoms with Crippen molar-refractivity contribution in [3.05, 3.63) is 88.2 Å². The Morgan fingerprint density at radius 1 is 1.09 bits per heavy atom. The predicted octanol–water partition coefficient (Wildman–Crippen LogP) is 5.21. The Bertz CT molecular complexity index is 1100. The smallest absolute Gasteiger partial charge is 0.254 e. The summed E-state index contributed by atoms with van der Waals surface area (Å²) in [5.41, 5.74) is 1.92. The van der Waals surface area contributed by atoms with Crippen molar-refractivity contribution in [3.63, 3.8) is 0 Å². The molecule has 0 aliphatic carbocycles. The standard InChI is InChI=1S/C24H21Cl2N3O3/c25-18-10-17(11-19(26)12-18)24(31)29-9-3-7-22(29)23(30)28-20-5-1-6-21(13-20)32-15-16-4-2-8-27-14-16/h1-2,4-6,8,10-14,22H,3,7,9,15H2,(H,28,30). The van der Waals surface area contributed by atoms with Crippen LogP contribution in [0.15, 0.2) is 67.0 Å². The number of carbonyl (C=O) groups excluding carboxylic acids is 2. The van der Waals surface area contributed by atoms with Gasteiger partial charge in [-0.05, 0) is 49.2 Å². The molecule has 0 saturated carbocycles. The van der Waals surface area contributed by atoms with Gasteiger partial charge in [-0.1, -0.05) is 35.3 Å². The summed E-state index contributed by atoms with van der Waals surface area (Å²) in [6, 6.07) is 15.1. The number of pyridine rings is 1. The van der Waals surface area contributed by atoms with Crippen LogP contribution in [0.1, 0.15) is 28.8 Å². The number of rotatable bonds is 6. The molecule has 6 nitrogen and oxygen atoms in total. The number of halogens is 2. The van der Waals surface area contributed by atoms with Crippen LogP contribution in [0, 0.1) is 0 Å². The third-order valence-corrected chi connectivity index (χ3v) is 5.59. The first kappa shape index (κ1) is 22.1. The summed E-state index contributed by atoms with van der Waals surface area (Å²) < 4.78 is 5.80. The summed E-state index contributed by atoms with van der Waals surface area (Å²) in [7, 11) is 0. The van der Waals surface area contributed by atoms with Crippen LogP contribution in [-0.2, 0) is 11.4 Å². The number of benzene rings is 2. The highest BCUT2D eigenvalue weighted by atomic mass is 35.5. The molecule has 0 radical (unpaired) electrons. The van der Waals surface area contributed by atoms with Crippen LogP contribution in [-0.4, -0.2) is 34.3 Å². The van der Waals surface area contributed by atoms with Gasteiger partial charge in [-0.15, -0.1) is 0 Å². The quantitative estimate of drug-likeness (QED) is 0.537. The Morgan fingerprint density at radius 3 is 2.66 bits per heavy atom. The molecular formula is C24H21Cl2N3O3. The van der Waals surface area contributed by atoms with Gasteiger partial charge in [-0.3, -0.25) is 14.6 Å². The number of nitrogens with zero attached hydrogens (tertiary/aromatic N) is 2. The minimum Gasteiger partial charge on any atom is -0.489 e. The van der Waals surface area contributed by atoms with Crippen LogP contribution >= 0.6 is 23.2 Å². The van der Waals surface area contributed by atoms with Gasteiger partial charge in [-0.25, -0.2) is 0 Å². The molecule has 32 heavy (non-hydrogen) atoms. The molecule has 164 valence electrons. The molecule has 2 aromatic carbocycles. The average Bonchev–Trinajstić information content (AvgIpc) is 3.28. The van der Waals surface area contributed by atoms with Crippen LogP contribution in [0.4, 0.5) is 5.69 Å². The van der Waals surface area contributed by atoms with Crippen molar-refractivity contribution >= 4 is 40.7 Å². The monoisotopic (exact) mass is 469 g/mol.